The highest BCUT2D eigenvalue weighted by atomic mass is 16.3. The third-order valence-electron chi connectivity index (χ3n) is 12.2. The fourth-order valence-corrected chi connectivity index (χ4v) is 9.72. The molecule has 2 aromatic heterocycles. The second-order valence-electron chi connectivity index (χ2n) is 15.1. The van der Waals surface area contributed by atoms with Crippen molar-refractivity contribution in [2.45, 2.75) is 0 Å². The Kier molecular flexibility index (Phi) is 5.92. The molecule has 0 atom stereocenters. The highest BCUT2D eigenvalue weighted by Crippen LogP contribution is 2.48. The van der Waals surface area contributed by atoms with Crippen LogP contribution in [0.4, 0.5) is 0 Å². The molecule has 0 fully saturated rings. The Bertz CT molecular complexity index is 3590. The number of hydrogen-bond acceptors (Lipinski definition) is 2. The molecule has 11 aromatic carbocycles. The molecule has 0 bridgehead atoms. The topological polar surface area (TPSA) is 26.3 Å². The van der Waals surface area contributed by atoms with Gasteiger partial charge in [-0.05, 0) is 136 Å². The fraction of sp³-hybridized carbons (Fsp3) is 0. The predicted molar refractivity (Wildman–Crippen MR) is 236 cm³/mol. The third-order valence-corrected chi connectivity index (χ3v) is 12.2. The maximum Gasteiger partial charge on any atom is 0.136 e. The number of furan rings is 2. The zero-order valence-electron chi connectivity index (χ0n) is 30.1. The van der Waals surface area contributed by atoms with Gasteiger partial charge in [-0.15, -0.1) is 0 Å². The van der Waals surface area contributed by atoms with E-state index in [-0.39, 0.29) is 0 Å². The smallest absolute Gasteiger partial charge is 0.136 e. The molecule has 0 saturated heterocycles. The van der Waals surface area contributed by atoms with Crippen LogP contribution in [0, 0.1) is 0 Å². The van der Waals surface area contributed by atoms with Crippen molar-refractivity contribution in [1.29, 1.82) is 0 Å². The lowest BCUT2D eigenvalue weighted by Gasteiger charge is -2.20. The summed E-state index contributed by atoms with van der Waals surface area (Å²) in [5, 5.41) is 17.1. The quantitative estimate of drug-likeness (QED) is 0.135. The first-order valence-corrected chi connectivity index (χ1v) is 19.2. The highest BCUT2D eigenvalue weighted by Gasteiger charge is 2.21. The summed E-state index contributed by atoms with van der Waals surface area (Å²) in [5.74, 6) is 0. The molecule has 0 N–H and O–H groups in total. The third kappa shape index (κ3) is 4.10. The van der Waals surface area contributed by atoms with Crippen molar-refractivity contribution in [3.05, 3.63) is 182 Å². The molecule has 56 heavy (non-hydrogen) atoms. The number of rotatable bonds is 3. The van der Waals surface area contributed by atoms with Gasteiger partial charge >= 0.3 is 0 Å². The van der Waals surface area contributed by atoms with Gasteiger partial charge in [0.05, 0.1) is 0 Å². The summed E-state index contributed by atoms with van der Waals surface area (Å²) >= 11 is 0. The molecule has 0 aliphatic heterocycles. The Labute approximate surface area is 320 Å². The van der Waals surface area contributed by atoms with E-state index in [9.17, 15) is 0 Å². The predicted octanol–water partition coefficient (Wildman–Crippen LogP) is 15.7. The first kappa shape index (κ1) is 30.0. The molecule has 0 spiro atoms. The Morgan fingerprint density at radius 2 is 0.732 bits per heavy atom. The van der Waals surface area contributed by atoms with E-state index in [0.717, 1.165) is 55.0 Å². The molecule has 0 aliphatic carbocycles. The van der Waals surface area contributed by atoms with Gasteiger partial charge in [0.2, 0.25) is 0 Å². The van der Waals surface area contributed by atoms with Crippen molar-refractivity contribution in [3.63, 3.8) is 0 Å². The SMILES string of the molecule is c1cc2ccc3cccc4c(-c5c6cccc(-c7ccc8c(c7)oc7ccccc78)c6cc6c(-c7ccc8c(c7)oc7ccccc78)cccc56)cc(c1)c2c34. The van der Waals surface area contributed by atoms with Gasteiger partial charge < -0.3 is 8.83 Å². The van der Waals surface area contributed by atoms with Crippen molar-refractivity contribution in [2.75, 3.05) is 0 Å². The summed E-state index contributed by atoms with van der Waals surface area (Å²) in [6.07, 6.45) is 0. The lowest BCUT2D eigenvalue weighted by atomic mass is 9.83. The zero-order valence-corrected chi connectivity index (χ0v) is 30.1. The normalized spacial score (nSPS) is 12.3. The molecule has 0 unspecified atom stereocenters. The van der Waals surface area contributed by atoms with Crippen LogP contribution in [-0.2, 0) is 0 Å². The van der Waals surface area contributed by atoms with E-state index in [1.807, 2.05) is 24.3 Å². The summed E-state index contributed by atoms with van der Waals surface area (Å²) in [6.45, 7) is 0. The Morgan fingerprint density at radius 3 is 1.36 bits per heavy atom. The lowest BCUT2D eigenvalue weighted by Crippen LogP contribution is -1.93. The molecule has 13 rings (SSSR count). The van der Waals surface area contributed by atoms with Crippen LogP contribution in [0.25, 0.3) is 131 Å². The minimum atomic E-state index is 0.896. The van der Waals surface area contributed by atoms with Gasteiger partial charge in [-0.3, -0.25) is 0 Å². The van der Waals surface area contributed by atoms with Gasteiger partial charge in [0.15, 0.2) is 0 Å². The minimum Gasteiger partial charge on any atom is -0.456 e. The average Bonchev–Trinajstić information content (AvgIpc) is 3.82. The standard InChI is InChI=1S/C54H30O2/c1-3-19-48-38(12-1)40-25-23-33(28-50(40)55-48)36-14-7-17-42-45(36)30-46-37(34-24-26-41-39-13-2-4-20-49(39)56-51(41)29-34)15-8-18-43(46)54(42)47-27-35-11-5-9-31-21-22-32-10-6-16-44(47)53(32)52(31)35/h1-30H. The molecule has 2 heterocycles. The van der Waals surface area contributed by atoms with Crippen LogP contribution >= 0.6 is 0 Å². The molecular weight excluding hydrogens is 681 g/mol. The fourth-order valence-electron chi connectivity index (χ4n) is 9.72. The van der Waals surface area contributed by atoms with E-state index in [4.69, 9.17) is 8.83 Å². The van der Waals surface area contributed by atoms with Gasteiger partial charge in [-0.2, -0.15) is 0 Å². The molecule has 258 valence electrons. The van der Waals surface area contributed by atoms with Crippen molar-refractivity contribution >= 4 is 97.7 Å². The molecule has 0 amide bonds. The van der Waals surface area contributed by atoms with Gasteiger partial charge in [0, 0.05) is 21.5 Å². The summed E-state index contributed by atoms with van der Waals surface area (Å²) < 4.78 is 12.8. The first-order valence-electron chi connectivity index (χ1n) is 19.2. The maximum atomic E-state index is 6.42. The largest absolute Gasteiger partial charge is 0.456 e. The Balaban J connectivity index is 1.16. The van der Waals surface area contributed by atoms with E-state index in [2.05, 4.69) is 158 Å². The van der Waals surface area contributed by atoms with Crippen molar-refractivity contribution in [1.82, 2.24) is 0 Å². The number of benzene rings is 11. The summed E-state index contributed by atoms with van der Waals surface area (Å²) in [6, 6.07) is 66.4. The zero-order chi connectivity index (χ0) is 36.5. The highest BCUT2D eigenvalue weighted by molar-refractivity contribution is 6.30. The van der Waals surface area contributed by atoms with Crippen LogP contribution < -0.4 is 0 Å². The molecular formula is C54H30O2. The number of para-hydroxylation sites is 2. The van der Waals surface area contributed by atoms with Crippen LogP contribution in [0.1, 0.15) is 0 Å². The van der Waals surface area contributed by atoms with E-state index in [1.54, 1.807) is 0 Å². The van der Waals surface area contributed by atoms with Gasteiger partial charge in [-0.25, -0.2) is 0 Å². The first-order chi connectivity index (χ1) is 27.7. The second kappa shape index (κ2) is 11.1. The van der Waals surface area contributed by atoms with Crippen molar-refractivity contribution in [2.24, 2.45) is 0 Å². The van der Waals surface area contributed by atoms with E-state index in [1.165, 1.54) is 76.1 Å². The van der Waals surface area contributed by atoms with Crippen LogP contribution in [-0.4, -0.2) is 0 Å². The summed E-state index contributed by atoms with van der Waals surface area (Å²) in [5.41, 5.74) is 10.7. The number of hydrogen-bond donors (Lipinski definition) is 0. The van der Waals surface area contributed by atoms with Gasteiger partial charge in [0.25, 0.3) is 0 Å². The van der Waals surface area contributed by atoms with Crippen LogP contribution in [0.2, 0.25) is 0 Å². The van der Waals surface area contributed by atoms with Crippen LogP contribution in [0.5, 0.6) is 0 Å². The molecule has 2 nitrogen and oxygen atoms in total. The Hall–Kier alpha value is -7.42. The Morgan fingerprint density at radius 1 is 0.250 bits per heavy atom. The second-order valence-corrected chi connectivity index (χ2v) is 15.1. The van der Waals surface area contributed by atoms with Gasteiger partial charge in [0.1, 0.15) is 22.3 Å². The van der Waals surface area contributed by atoms with Crippen LogP contribution in [0.15, 0.2) is 191 Å². The van der Waals surface area contributed by atoms with E-state index in [0.29, 0.717) is 0 Å². The molecule has 0 aliphatic rings. The number of fused-ring (bicyclic) bond motifs is 8. The van der Waals surface area contributed by atoms with Crippen LogP contribution in [0.3, 0.4) is 0 Å². The van der Waals surface area contributed by atoms with Crippen molar-refractivity contribution < 1.29 is 8.83 Å². The summed E-state index contributed by atoms with van der Waals surface area (Å²) in [4.78, 5) is 0. The van der Waals surface area contributed by atoms with Gasteiger partial charge in [-0.1, -0.05) is 133 Å². The average molecular weight is 711 g/mol. The monoisotopic (exact) mass is 710 g/mol. The molecule has 0 radical (unpaired) electrons. The molecule has 2 heteroatoms. The minimum absolute atomic E-state index is 0.896. The molecule has 0 saturated carbocycles. The lowest BCUT2D eigenvalue weighted by molar-refractivity contribution is 0.668. The molecule has 13 aromatic rings. The summed E-state index contributed by atoms with van der Waals surface area (Å²) in [7, 11) is 0. The van der Waals surface area contributed by atoms with E-state index < -0.39 is 0 Å². The van der Waals surface area contributed by atoms with Crippen molar-refractivity contribution in [3.8, 4) is 33.4 Å². The van der Waals surface area contributed by atoms with E-state index >= 15 is 0 Å². The maximum absolute atomic E-state index is 6.42.